The van der Waals surface area contributed by atoms with Gasteiger partial charge in [0, 0.05) is 28.2 Å². The predicted octanol–water partition coefficient (Wildman–Crippen LogP) is 4.98. The molecule has 0 spiro atoms. The first-order valence-electron chi connectivity index (χ1n) is 5.99. The molecule has 0 aliphatic carbocycles. The normalized spacial score (nSPS) is 12.4. The molecule has 1 nitrogen and oxygen atoms in total. The van der Waals surface area contributed by atoms with E-state index >= 15 is 0 Å². The summed E-state index contributed by atoms with van der Waals surface area (Å²) in [6.45, 7) is 2.43. The van der Waals surface area contributed by atoms with E-state index in [9.17, 15) is 4.39 Å². The molecule has 1 N–H and O–H groups in total. The van der Waals surface area contributed by atoms with E-state index in [1.165, 1.54) is 6.07 Å². The molecular formula is C15H14Cl2FN. The average molecular weight is 298 g/mol. The summed E-state index contributed by atoms with van der Waals surface area (Å²) in [6.07, 6.45) is 0. The molecule has 2 rings (SSSR count). The Bertz CT molecular complexity index is 572. The maximum absolute atomic E-state index is 13.5. The molecule has 0 aliphatic heterocycles. The van der Waals surface area contributed by atoms with Crippen LogP contribution in [0.1, 0.15) is 24.1 Å². The van der Waals surface area contributed by atoms with Gasteiger partial charge in [0.05, 0.1) is 0 Å². The van der Waals surface area contributed by atoms with Gasteiger partial charge in [0.2, 0.25) is 0 Å². The molecule has 0 saturated heterocycles. The highest BCUT2D eigenvalue weighted by molar-refractivity contribution is 6.35. The fourth-order valence-electron chi connectivity index (χ4n) is 1.87. The Kier molecular flexibility index (Phi) is 4.81. The summed E-state index contributed by atoms with van der Waals surface area (Å²) in [5.74, 6) is -0.204. The molecule has 0 fully saturated rings. The van der Waals surface area contributed by atoms with E-state index in [-0.39, 0.29) is 11.9 Å². The standard InChI is InChI=1S/C15H14Cl2FN/c1-10(13-7-6-12(16)8-14(13)17)19-9-11-4-2-3-5-15(11)18/h2-8,10,19H,9H2,1H3. The van der Waals surface area contributed by atoms with Crippen LogP contribution in [0.4, 0.5) is 4.39 Å². The first kappa shape index (κ1) is 14.3. The summed E-state index contributed by atoms with van der Waals surface area (Å²) in [5.41, 5.74) is 1.59. The molecular weight excluding hydrogens is 284 g/mol. The SMILES string of the molecule is CC(NCc1ccccc1F)c1ccc(Cl)cc1Cl. The van der Waals surface area contributed by atoms with Crippen LogP contribution in [-0.4, -0.2) is 0 Å². The van der Waals surface area contributed by atoms with Crippen molar-refractivity contribution >= 4 is 23.2 Å². The lowest BCUT2D eigenvalue weighted by molar-refractivity contribution is 0.544. The summed E-state index contributed by atoms with van der Waals surface area (Å²) >= 11 is 12.0. The second-order valence-corrected chi connectivity index (χ2v) is 5.20. The molecule has 1 unspecified atom stereocenters. The molecule has 0 amide bonds. The maximum Gasteiger partial charge on any atom is 0.127 e. The summed E-state index contributed by atoms with van der Waals surface area (Å²) in [4.78, 5) is 0. The maximum atomic E-state index is 13.5. The van der Waals surface area contributed by atoms with Crippen LogP contribution in [0, 0.1) is 5.82 Å². The lowest BCUT2D eigenvalue weighted by atomic mass is 10.1. The number of nitrogens with one attached hydrogen (secondary N) is 1. The number of hydrogen-bond acceptors (Lipinski definition) is 1. The number of halogens is 3. The summed E-state index contributed by atoms with van der Waals surface area (Å²) < 4.78 is 13.5. The Morgan fingerprint density at radius 3 is 2.58 bits per heavy atom. The number of rotatable bonds is 4. The molecule has 0 saturated carbocycles. The van der Waals surface area contributed by atoms with Gasteiger partial charge >= 0.3 is 0 Å². The smallest absolute Gasteiger partial charge is 0.127 e. The zero-order valence-corrected chi connectivity index (χ0v) is 12.0. The van der Waals surface area contributed by atoms with Crippen molar-refractivity contribution in [2.75, 3.05) is 0 Å². The highest BCUT2D eigenvalue weighted by atomic mass is 35.5. The average Bonchev–Trinajstić information content (AvgIpc) is 2.37. The van der Waals surface area contributed by atoms with Gasteiger partial charge in [-0.3, -0.25) is 0 Å². The summed E-state index contributed by atoms with van der Waals surface area (Å²) in [6, 6.07) is 12.1. The van der Waals surface area contributed by atoms with Crippen LogP contribution in [0.2, 0.25) is 10.0 Å². The Labute approximate surface area is 122 Å². The molecule has 4 heteroatoms. The summed E-state index contributed by atoms with van der Waals surface area (Å²) in [7, 11) is 0. The van der Waals surface area contributed by atoms with Gasteiger partial charge in [-0.05, 0) is 30.7 Å². The second kappa shape index (κ2) is 6.38. The van der Waals surface area contributed by atoms with Gasteiger partial charge in [-0.1, -0.05) is 47.5 Å². The topological polar surface area (TPSA) is 12.0 Å². The van der Waals surface area contributed by atoms with E-state index in [1.54, 1.807) is 24.3 Å². The zero-order valence-electron chi connectivity index (χ0n) is 10.5. The van der Waals surface area contributed by atoms with Gasteiger partial charge in [-0.25, -0.2) is 4.39 Å². The zero-order chi connectivity index (χ0) is 13.8. The monoisotopic (exact) mass is 297 g/mol. The van der Waals surface area contributed by atoms with Crippen molar-refractivity contribution in [3.63, 3.8) is 0 Å². The summed E-state index contributed by atoms with van der Waals surface area (Å²) in [5, 5.41) is 4.47. The first-order valence-corrected chi connectivity index (χ1v) is 6.75. The highest BCUT2D eigenvalue weighted by Gasteiger charge is 2.10. The predicted molar refractivity (Wildman–Crippen MR) is 78.1 cm³/mol. The van der Waals surface area contributed by atoms with Crippen molar-refractivity contribution in [3.05, 3.63) is 69.5 Å². The number of hydrogen-bond donors (Lipinski definition) is 1. The fraction of sp³-hybridized carbons (Fsp3) is 0.200. The van der Waals surface area contributed by atoms with Crippen molar-refractivity contribution in [1.29, 1.82) is 0 Å². The Hall–Kier alpha value is -1.09. The van der Waals surface area contributed by atoms with E-state index < -0.39 is 0 Å². The van der Waals surface area contributed by atoms with Crippen molar-refractivity contribution < 1.29 is 4.39 Å². The molecule has 2 aromatic rings. The van der Waals surface area contributed by atoms with Gasteiger partial charge in [0.1, 0.15) is 5.82 Å². The van der Waals surface area contributed by atoms with Crippen molar-refractivity contribution in [1.82, 2.24) is 5.32 Å². The van der Waals surface area contributed by atoms with Gasteiger partial charge < -0.3 is 5.32 Å². The second-order valence-electron chi connectivity index (χ2n) is 4.36. The Balaban J connectivity index is 2.05. The molecule has 1 atom stereocenters. The van der Waals surface area contributed by atoms with Gasteiger partial charge in [0.25, 0.3) is 0 Å². The lowest BCUT2D eigenvalue weighted by Crippen LogP contribution is -2.19. The van der Waals surface area contributed by atoms with Crippen LogP contribution in [0.25, 0.3) is 0 Å². The molecule has 0 heterocycles. The van der Waals surface area contributed by atoms with E-state index in [1.807, 2.05) is 19.1 Å². The third-order valence-corrected chi connectivity index (χ3v) is 3.55. The minimum Gasteiger partial charge on any atom is -0.306 e. The molecule has 0 aromatic heterocycles. The molecule has 0 radical (unpaired) electrons. The van der Waals surface area contributed by atoms with Crippen LogP contribution in [0.3, 0.4) is 0 Å². The largest absolute Gasteiger partial charge is 0.306 e. The minimum atomic E-state index is -0.204. The minimum absolute atomic E-state index is 0.0179. The molecule has 100 valence electrons. The first-order chi connectivity index (χ1) is 9.08. The van der Waals surface area contributed by atoms with Crippen molar-refractivity contribution in [2.24, 2.45) is 0 Å². The Morgan fingerprint density at radius 2 is 1.89 bits per heavy atom. The van der Waals surface area contributed by atoms with Gasteiger partial charge in [0.15, 0.2) is 0 Å². The third kappa shape index (κ3) is 3.69. The van der Waals surface area contributed by atoms with Gasteiger partial charge in [-0.2, -0.15) is 0 Å². The van der Waals surface area contributed by atoms with E-state index in [0.29, 0.717) is 22.2 Å². The van der Waals surface area contributed by atoms with Crippen LogP contribution >= 0.6 is 23.2 Å². The van der Waals surface area contributed by atoms with Crippen LogP contribution < -0.4 is 5.32 Å². The highest BCUT2D eigenvalue weighted by Crippen LogP contribution is 2.26. The van der Waals surface area contributed by atoms with E-state index in [0.717, 1.165) is 5.56 Å². The van der Waals surface area contributed by atoms with Crippen LogP contribution in [0.5, 0.6) is 0 Å². The van der Waals surface area contributed by atoms with Crippen LogP contribution in [-0.2, 0) is 6.54 Å². The third-order valence-electron chi connectivity index (χ3n) is 2.99. The number of benzene rings is 2. The van der Waals surface area contributed by atoms with Gasteiger partial charge in [-0.15, -0.1) is 0 Å². The molecule has 2 aromatic carbocycles. The molecule has 19 heavy (non-hydrogen) atoms. The Morgan fingerprint density at radius 1 is 1.16 bits per heavy atom. The fourth-order valence-corrected chi connectivity index (χ4v) is 2.44. The molecule has 0 aliphatic rings. The van der Waals surface area contributed by atoms with E-state index in [4.69, 9.17) is 23.2 Å². The quantitative estimate of drug-likeness (QED) is 0.839. The van der Waals surface area contributed by atoms with Crippen LogP contribution in [0.15, 0.2) is 42.5 Å². The van der Waals surface area contributed by atoms with E-state index in [2.05, 4.69) is 5.32 Å². The van der Waals surface area contributed by atoms with Crippen molar-refractivity contribution in [2.45, 2.75) is 19.5 Å². The van der Waals surface area contributed by atoms with Crippen molar-refractivity contribution in [3.8, 4) is 0 Å². The molecule has 0 bridgehead atoms. The lowest BCUT2D eigenvalue weighted by Gasteiger charge is -2.16.